The molecule has 0 saturated heterocycles. The van der Waals surface area contributed by atoms with Gasteiger partial charge in [-0.25, -0.2) is 5.43 Å². The van der Waals surface area contributed by atoms with Crippen molar-refractivity contribution >= 4 is 23.7 Å². The predicted molar refractivity (Wildman–Crippen MR) is 100 cm³/mol. The quantitative estimate of drug-likeness (QED) is 0.624. The third kappa shape index (κ3) is 5.76. The summed E-state index contributed by atoms with van der Waals surface area (Å²) in [4.78, 5) is 25.6. The van der Waals surface area contributed by atoms with Gasteiger partial charge in [-0.2, -0.15) is 5.10 Å². The average molecular weight is 338 g/mol. The summed E-state index contributed by atoms with van der Waals surface area (Å²) in [7, 11) is 3.93. The Labute approximate surface area is 147 Å². The van der Waals surface area contributed by atoms with Crippen molar-refractivity contribution in [2.24, 2.45) is 5.10 Å². The summed E-state index contributed by atoms with van der Waals surface area (Å²) in [6.07, 6.45) is 1.55. The lowest BCUT2D eigenvalue weighted by Crippen LogP contribution is -2.34. The van der Waals surface area contributed by atoms with Gasteiger partial charge in [-0.1, -0.05) is 29.8 Å². The standard InChI is InChI=1S/C19H22N4O2/c1-14-4-8-16(9-5-14)19(25)20-13-18(24)22-21-12-15-6-10-17(11-7-15)23(2)3/h4-12H,13H2,1-3H3,(H,20,25)(H,22,24). The summed E-state index contributed by atoms with van der Waals surface area (Å²) in [5.74, 6) is -0.681. The van der Waals surface area contributed by atoms with Crippen LogP contribution in [0.1, 0.15) is 21.5 Å². The van der Waals surface area contributed by atoms with Crippen molar-refractivity contribution < 1.29 is 9.59 Å². The highest BCUT2D eigenvalue weighted by Crippen LogP contribution is 2.10. The molecule has 0 saturated carbocycles. The van der Waals surface area contributed by atoms with Crippen LogP contribution in [-0.2, 0) is 4.79 Å². The van der Waals surface area contributed by atoms with Gasteiger partial charge in [0.15, 0.2) is 0 Å². The first kappa shape index (κ1) is 18.2. The normalized spacial score (nSPS) is 10.5. The maximum absolute atomic E-state index is 11.9. The van der Waals surface area contributed by atoms with Crippen molar-refractivity contribution in [1.29, 1.82) is 0 Å². The van der Waals surface area contributed by atoms with E-state index in [9.17, 15) is 9.59 Å². The van der Waals surface area contributed by atoms with Crippen LogP contribution in [0.4, 0.5) is 5.69 Å². The van der Waals surface area contributed by atoms with E-state index in [-0.39, 0.29) is 18.4 Å². The Hall–Kier alpha value is -3.15. The van der Waals surface area contributed by atoms with Crippen LogP contribution in [0.2, 0.25) is 0 Å². The highest BCUT2D eigenvalue weighted by molar-refractivity contribution is 5.96. The molecular formula is C19H22N4O2. The minimum Gasteiger partial charge on any atom is -0.378 e. The second kappa shape index (κ2) is 8.63. The van der Waals surface area contributed by atoms with E-state index >= 15 is 0 Å². The number of benzene rings is 2. The third-order valence-corrected chi connectivity index (χ3v) is 3.54. The van der Waals surface area contributed by atoms with Gasteiger partial charge in [-0.15, -0.1) is 0 Å². The van der Waals surface area contributed by atoms with E-state index in [0.717, 1.165) is 16.8 Å². The lowest BCUT2D eigenvalue weighted by atomic mass is 10.1. The van der Waals surface area contributed by atoms with E-state index in [1.807, 2.05) is 62.3 Å². The Kier molecular flexibility index (Phi) is 6.28. The van der Waals surface area contributed by atoms with Crippen LogP contribution in [0.3, 0.4) is 0 Å². The van der Waals surface area contributed by atoms with Crippen LogP contribution in [0.25, 0.3) is 0 Å². The average Bonchev–Trinajstić information content (AvgIpc) is 2.60. The number of aryl methyl sites for hydroxylation is 1. The van der Waals surface area contributed by atoms with Gasteiger partial charge in [0.05, 0.1) is 12.8 Å². The molecule has 0 spiro atoms. The number of nitrogens with one attached hydrogen (secondary N) is 2. The molecule has 0 aliphatic carbocycles. The number of hydrogen-bond donors (Lipinski definition) is 2. The molecule has 0 bridgehead atoms. The molecule has 6 heteroatoms. The SMILES string of the molecule is Cc1ccc(C(=O)NCC(=O)NN=Cc2ccc(N(C)C)cc2)cc1. The summed E-state index contributed by atoms with van der Waals surface area (Å²) in [5, 5.41) is 6.45. The van der Waals surface area contributed by atoms with Crippen molar-refractivity contribution in [3.05, 3.63) is 65.2 Å². The van der Waals surface area contributed by atoms with Crippen molar-refractivity contribution in [1.82, 2.24) is 10.7 Å². The first-order chi connectivity index (χ1) is 12.0. The van der Waals surface area contributed by atoms with Gasteiger partial charge >= 0.3 is 0 Å². The molecule has 2 amide bonds. The zero-order valence-electron chi connectivity index (χ0n) is 14.6. The van der Waals surface area contributed by atoms with Gasteiger partial charge < -0.3 is 10.2 Å². The molecule has 0 atom stereocenters. The molecule has 0 fully saturated rings. The van der Waals surface area contributed by atoms with Gasteiger partial charge in [-0.05, 0) is 36.8 Å². The molecule has 0 heterocycles. The number of amides is 2. The van der Waals surface area contributed by atoms with E-state index in [1.54, 1.807) is 18.3 Å². The number of carbonyl (C=O) groups excluding carboxylic acids is 2. The van der Waals surface area contributed by atoms with E-state index in [0.29, 0.717) is 5.56 Å². The summed E-state index contributed by atoms with van der Waals surface area (Å²) in [6, 6.07) is 14.9. The van der Waals surface area contributed by atoms with Gasteiger partial charge in [0.25, 0.3) is 11.8 Å². The summed E-state index contributed by atoms with van der Waals surface area (Å²) in [6.45, 7) is 1.81. The Balaban J connectivity index is 1.78. The van der Waals surface area contributed by atoms with Crippen LogP contribution >= 0.6 is 0 Å². The van der Waals surface area contributed by atoms with Crippen molar-refractivity contribution in [2.75, 3.05) is 25.5 Å². The topological polar surface area (TPSA) is 73.8 Å². The minimum absolute atomic E-state index is 0.135. The number of anilines is 1. The lowest BCUT2D eigenvalue weighted by molar-refractivity contribution is -0.120. The summed E-state index contributed by atoms with van der Waals surface area (Å²) >= 11 is 0. The molecule has 130 valence electrons. The highest BCUT2D eigenvalue weighted by atomic mass is 16.2. The van der Waals surface area contributed by atoms with Gasteiger partial charge in [-0.3, -0.25) is 9.59 Å². The Morgan fingerprint density at radius 2 is 1.68 bits per heavy atom. The smallest absolute Gasteiger partial charge is 0.259 e. The number of hydrogen-bond acceptors (Lipinski definition) is 4. The molecule has 0 aliphatic heterocycles. The molecule has 6 nitrogen and oxygen atoms in total. The molecule has 2 aromatic carbocycles. The summed E-state index contributed by atoms with van der Waals surface area (Å²) in [5.41, 5.74) is 5.93. The Bertz CT molecular complexity index is 750. The van der Waals surface area contributed by atoms with E-state index in [1.165, 1.54) is 0 Å². The number of nitrogens with zero attached hydrogens (tertiary/aromatic N) is 2. The number of rotatable bonds is 6. The maximum Gasteiger partial charge on any atom is 0.259 e. The van der Waals surface area contributed by atoms with E-state index in [2.05, 4.69) is 15.8 Å². The maximum atomic E-state index is 11.9. The molecule has 2 aromatic rings. The second-order valence-electron chi connectivity index (χ2n) is 5.83. The second-order valence-corrected chi connectivity index (χ2v) is 5.83. The molecule has 0 radical (unpaired) electrons. The van der Waals surface area contributed by atoms with Crippen molar-refractivity contribution in [2.45, 2.75) is 6.92 Å². The fraction of sp³-hybridized carbons (Fsp3) is 0.211. The van der Waals surface area contributed by atoms with Crippen LogP contribution in [0.5, 0.6) is 0 Å². The van der Waals surface area contributed by atoms with E-state index in [4.69, 9.17) is 0 Å². The van der Waals surface area contributed by atoms with Gasteiger partial charge in [0.2, 0.25) is 0 Å². The molecule has 25 heavy (non-hydrogen) atoms. The molecule has 0 unspecified atom stereocenters. The third-order valence-electron chi connectivity index (χ3n) is 3.54. The van der Waals surface area contributed by atoms with Gasteiger partial charge in [0.1, 0.15) is 0 Å². The molecular weight excluding hydrogens is 316 g/mol. The van der Waals surface area contributed by atoms with Crippen LogP contribution < -0.4 is 15.6 Å². The largest absolute Gasteiger partial charge is 0.378 e. The Morgan fingerprint density at radius 1 is 1.04 bits per heavy atom. The van der Waals surface area contributed by atoms with E-state index < -0.39 is 0 Å². The lowest BCUT2D eigenvalue weighted by Gasteiger charge is -2.11. The molecule has 2 rings (SSSR count). The Morgan fingerprint density at radius 3 is 2.28 bits per heavy atom. The number of hydrazone groups is 1. The van der Waals surface area contributed by atoms with Crippen LogP contribution in [0, 0.1) is 6.92 Å². The van der Waals surface area contributed by atoms with Gasteiger partial charge in [0, 0.05) is 25.3 Å². The monoisotopic (exact) mass is 338 g/mol. The highest BCUT2D eigenvalue weighted by Gasteiger charge is 2.07. The first-order valence-corrected chi connectivity index (χ1v) is 7.90. The van der Waals surface area contributed by atoms with Crippen molar-refractivity contribution in [3.63, 3.8) is 0 Å². The fourth-order valence-electron chi connectivity index (χ4n) is 2.04. The predicted octanol–water partition coefficient (Wildman–Crippen LogP) is 1.94. The zero-order valence-corrected chi connectivity index (χ0v) is 14.6. The number of carbonyl (C=O) groups is 2. The zero-order chi connectivity index (χ0) is 18.2. The van der Waals surface area contributed by atoms with Crippen molar-refractivity contribution in [3.8, 4) is 0 Å². The van der Waals surface area contributed by atoms with Crippen LogP contribution in [-0.4, -0.2) is 38.7 Å². The molecule has 2 N–H and O–H groups in total. The summed E-state index contributed by atoms with van der Waals surface area (Å²) < 4.78 is 0. The minimum atomic E-state index is -0.387. The first-order valence-electron chi connectivity index (χ1n) is 7.90. The fourth-order valence-corrected chi connectivity index (χ4v) is 2.04. The van der Waals surface area contributed by atoms with Crippen LogP contribution in [0.15, 0.2) is 53.6 Å². The molecule has 0 aromatic heterocycles. The molecule has 0 aliphatic rings.